The maximum atomic E-state index is 12.0. The van der Waals surface area contributed by atoms with Gasteiger partial charge in [0.25, 0.3) is 5.91 Å². The van der Waals surface area contributed by atoms with Gasteiger partial charge in [0.05, 0.1) is 25.5 Å². The van der Waals surface area contributed by atoms with E-state index in [1.165, 1.54) is 19.3 Å². The van der Waals surface area contributed by atoms with Crippen molar-refractivity contribution in [2.24, 2.45) is 0 Å². The number of rotatable bonds is 7. The van der Waals surface area contributed by atoms with Crippen LogP contribution in [0.25, 0.3) is 6.08 Å². The van der Waals surface area contributed by atoms with E-state index < -0.39 is 24.5 Å². The minimum absolute atomic E-state index is 0.206. The lowest BCUT2D eigenvalue weighted by Gasteiger charge is -2.09. The number of anilines is 1. The van der Waals surface area contributed by atoms with Crippen LogP contribution in [0.15, 0.2) is 54.6 Å². The number of benzene rings is 2. The molecule has 2 aromatic rings. The summed E-state index contributed by atoms with van der Waals surface area (Å²) < 4.78 is 14.6. The summed E-state index contributed by atoms with van der Waals surface area (Å²) in [5.41, 5.74) is 1.23. The maximum Gasteiger partial charge on any atom is 0.339 e. The number of carbonyl (C=O) groups is 3. The Morgan fingerprint density at radius 1 is 1.04 bits per heavy atom. The monoisotopic (exact) mass is 369 g/mol. The molecule has 0 aliphatic carbocycles. The van der Waals surface area contributed by atoms with Crippen molar-refractivity contribution in [3.8, 4) is 5.75 Å². The number of methoxy groups -OCH3 is 2. The van der Waals surface area contributed by atoms with Crippen molar-refractivity contribution < 1.29 is 28.6 Å². The van der Waals surface area contributed by atoms with Crippen molar-refractivity contribution in [2.45, 2.75) is 0 Å². The molecule has 2 rings (SSSR count). The highest BCUT2D eigenvalue weighted by Gasteiger charge is 2.13. The predicted molar refractivity (Wildman–Crippen MR) is 99.4 cm³/mol. The van der Waals surface area contributed by atoms with Gasteiger partial charge in [-0.15, -0.1) is 0 Å². The Kier molecular flexibility index (Phi) is 7.13. The number of hydrogen-bond acceptors (Lipinski definition) is 6. The highest BCUT2D eigenvalue weighted by molar-refractivity contribution is 6.02. The fourth-order valence-electron chi connectivity index (χ4n) is 2.16. The number of amides is 1. The molecule has 0 aromatic heterocycles. The second-order valence-corrected chi connectivity index (χ2v) is 5.30. The van der Waals surface area contributed by atoms with Crippen LogP contribution in [-0.2, 0) is 19.1 Å². The van der Waals surface area contributed by atoms with E-state index in [1.807, 2.05) is 0 Å². The van der Waals surface area contributed by atoms with Crippen molar-refractivity contribution in [3.63, 3.8) is 0 Å². The zero-order chi connectivity index (χ0) is 19.6. The Morgan fingerprint density at radius 3 is 2.56 bits per heavy atom. The molecule has 0 fully saturated rings. The summed E-state index contributed by atoms with van der Waals surface area (Å²) in [4.78, 5) is 35.4. The highest BCUT2D eigenvalue weighted by Crippen LogP contribution is 2.16. The molecule has 0 aliphatic rings. The lowest BCUT2D eigenvalue weighted by atomic mass is 10.2. The van der Waals surface area contributed by atoms with Gasteiger partial charge < -0.3 is 19.5 Å². The van der Waals surface area contributed by atoms with E-state index in [9.17, 15) is 14.4 Å². The standard InChI is InChI=1S/C20H19NO6/c1-25-15-7-5-6-14(12-15)10-11-19(23)27-13-18(22)21-17-9-4-3-8-16(17)20(24)26-2/h3-12H,13H2,1-2H3,(H,21,22)/b11-10+. The molecule has 0 aliphatic heterocycles. The fourth-order valence-corrected chi connectivity index (χ4v) is 2.16. The van der Waals surface area contributed by atoms with Crippen molar-refractivity contribution in [1.29, 1.82) is 0 Å². The first-order chi connectivity index (χ1) is 13.0. The number of ether oxygens (including phenoxy) is 3. The molecule has 0 heterocycles. The minimum Gasteiger partial charge on any atom is -0.497 e. The van der Waals surface area contributed by atoms with Gasteiger partial charge in [-0.05, 0) is 35.9 Å². The van der Waals surface area contributed by atoms with Crippen molar-refractivity contribution in [1.82, 2.24) is 0 Å². The van der Waals surface area contributed by atoms with Crippen LogP contribution in [0.1, 0.15) is 15.9 Å². The number of hydrogen-bond donors (Lipinski definition) is 1. The molecule has 7 nitrogen and oxygen atoms in total. The van der Waals surface area contributed by atoms with Gasteiger partial charge in [-0.2, -0.15) is 0 Å². The summed E-state index contributed by atoms with van der Waals surface area (Å²) in [5, 5.41) is 2.51. The van der Waals surface area contributed by atoms with Crippen molar-refractivity contribution in [3.05, 3.63) is 65.7 Å². The van der Waals surface area contributed by atoms with Crippen LogP contribution < -0.4 is 10.1 Å². The minimum atomic E-state index is -0.672. The normalized spacial score (nSPS) is 10.3. The average Bonchev–Trinajstić information content (AvgIpc) is 2.70. The molecule has 0 atom stereocenters. The summed E-state index contributed by atoms with van der Waals surface area (Å²) in [6.07, 6.45) is 2.76. The van der Waals surface area contributed by atoms with E-state index in [-0.39, 0.29) is 11.3 Å². The number of carbonyl (C=O) groups excluding carboxylic acids is 3. The van der Waals surface area contributed by atoms with E-state index in [2.05, 4.69) is 10.1 Å². The van der Waals surface area contributed by atoms with Crippen molar-refractivity contribution in [2.75, 3.05) is 26.1 Å². The summed E-state index contributed by atoms with van der Waals surface area (Å²) >= 11 is 0. The molecule has 140 valence electrons. The first-order valence-corrected chi connectivity index (χ1v) is 7.99. The van der Waals surface area contributed by atoms with Gasteiger partial charge in [0.1, 0.15) is 5.75 Å². The lowest BCUT2D eigenvalue weighted by Crippen LogP contribution is -2.21. The van der Waals surface area contributed by atoms with Crippen LogP contribution >= 0.6 is 0 Å². The number of para-hydroxylation sites is 1. The highest BCUT2D eigenvalue weighted by atomic mass is 16.5. The Bertz CT molecular complexity index is 859. The maximum absolute atomic E-state index is 12.0. The third kappa shape index (κ3) is 6.00. The Labute approximate surface area is 156 Å². The third-order valence-corrected chi connectivity index (χ3v) is 3.46. The predicted octanol–water partition coefficient (Wildman–Crippen LogP) is 2.68. The van der Waals surface area contributed by atoms with Crippen LogP contribution in [0.4, 0.5) is 5.69 Å². The van der Waals surface area contributed by atoms with Crippen LogP contribution in [0.2, 0.25) is 0 Å². The molecule has 1 amide bonds. The van der Waals surface area contributed by atoms with Gasteiger partial charge in [0.15, 0.2) is 6.61 Å². The molecule has 1 N–H and O–H groups in total. The van der Waals surface area contributed by atoms with Gasteiger partial charge in [-0.3, -0.25) is 4.79 Å². The van der Waals surface area contributed by atoms with E-state index in [0.29, 0.717) is 5.75 Å². The fraction of sp³-hybridized carbons (Fsp3) is 0.150. The van der Waals surface area contributed by atoms with Crippen LogP contribution in [0.5, 0.6) is 5.75 Å². The molecule has 7 heteroatoms. The molecule has 0 spiro atoms. The van der Waals surface area contributed by atoms with Gasteiger partial charge in [0.2, 0.25) is 0 Å². The molecule has 0 radical (unpaired) electrons. The van der Waals surface area contributed by atoms with E-state index in [1.54, 1.807) is 55.7 Å². The first-order valence-electron chi connectivity index (χ1n) is 7.99. The van der Waals surface area contributed by atoms with Gasteiger partial charge >= 0.3 is 11.9 Å². The van der Waals surface area contributed by atoms with Crippen LogP contribution in [0, 0.1) is 0 Å². The summed E-state index contributed by atoms with van der Waals surface area (Å²) in [6, 6.07) is 13.5. The summed E-state index contributed by atoms with van der Waals surface area (Å²) in [7, 11) is 2.80. The Hall–Kier alpha value is -3.61. The molecule has 0 bridgehead atoms. The molecular weight excluding hydrogens is 350 g/mol. The van der Waals surface area contributed by atoms with E-state index in [0.717, 1.165) is 5.56 Å². The first kappa shape index (κ1) is 19.7. The molecule has 0 saturated heterocycles. The molecule has 0 saturated carbocycles. The Balaban J connectivity index is 1.89. The van der Waals surface area contributed by atoms with Gasteiger partial charge in [-0.1, -0.05) is 24.3 Å². The third-order valence-electron chi connectivity index (χ3n) is 3.46. The second-order valence-electron chi connectivity index (χ2n) is 5.30. The summed E-state index contributed by atoms with van der Waals surface area (Å²) in [5.74, 6) is -1.16. The number of nitrogens with one attached hydrogen (secondary N) is 1. The smallest absolute Gasteiger partial charge is 0.339 e. The average molecular weight is 369 g/mol. The van der Waals surface area contributed by atoms with Crippen LogP contribution in [-0.4, -0.2) is 38.7 Å². The second kappa shape index (κ2) is 9.76. The van der Waals surface area contributed by atoms with Gasteiger partial charge in [-0.25, -0.2) is 9.59 Å². The van der Waals surface area contributed by atoms with E-state index in [4.69, 9.17) is 9.47 Å². The Morgan fingerprint density at radius 2 is 1.81 bits per heavy atom. The quantitative estimate of drug-likeness (QED) is 0.596. The SMILES string of the molecule is COC(=O)c1ccccc1NC(=O)COC(=O)/C=C/c1cccc(OC)c1. The zero-order valence-electron chi connectivity index (χ0n) is 14.9. The molecule has 27 heavy (non-hydrogen) atoms. The van der Waals surface area contributed by atoms with E-state index >= 15 is 0 Å². The topological polar surface area (TPSA) is 90.9 Å². The summed E-state index contributed by atoms with van der Waals surface area (Å²) in [6.45, 7) is -0.489. The molecule has 0 unspecified atom stereocenters. The number of esters is 2. The lowest BCUT2D eigenvalue weighted by molar-refractivity contribution is -0.142. The molecular formula is C20H19NO6. The van der Waals surface area contributed by atoms with Gasteiger partial charge in [0, 0.05) is 6.08 Å². The van der Waals surface area contributed by atoms with Crippen LogP contribution in [0.3, 0.4) is 0 Å². The zero-order valence-corrected chi connectivity index (χ0v) is 14.9. The molecule has 2 aromatic carbocycles. The van der Waals surface area contributed by atoms with Crippen molar-refractivity contribution >= 4 is 29.6 Å². The largest absolute Gasteiger partial charge is 0.497 e.